The van der Waals surface area contributed by atoms with E-state index in [1.165, 1.54) is 0 Å². The van der Waals surface area contributed by atoms with Crippen LogP contribution in [0.5, 0.6) is 0 Å². The van der Waals surface area contributed by atoms with Crippen LogP contribution in [0.25, 0.3) is 23.4 Å². The van der Waals surface area contributed by atoms with Crippen LogP contribution in [0.3, 0.4) is 0 Å². The summed E-state index contributed by atoms with van der Waals surface area (Å²) in [7, 11) is 0. The maximum absolute atomic E-state index is 11.4. The maximum Gasteiger partial charge on any atom is 0.343 e. The first-order valence-corrected chi connectivity index (χ1v) is 6.68. The van der Waals surface area contributed by atoms with Gasteiger partial charge in [0.1, 0.15) is 0 Å². The molecule has 0 bridgehead atoms. The summed E-state index contributed by atoms with van der Waals surface area (Å²) in [6.07, 6.45) is 3.31. The highest BCUT2D eigenvalue weighted by Gasteiger charge is 2.26. The first-order chi connectivity index (χ1) is 10.8. The highest BCUT2D eigenvalue weighted by Crippen LogP contribution is 2.33. The van der Waals surface area contributed by atoms with Crippen molar-refractivity contribution in [2.24, 2.45) is 0 Å². The third-order valence-corrected chi connectivity index (χ3v) is 3.15. The van der Waals surface area contributed by atoms with Crippen LogP contribution in [0.1, 0.15) is 11.3 Å². The number of rotatable bonds is 4. The van der Waals surface area contributed by atoms with E-state index in [1.54, 1.807) is 36.4 Å². The van der Waals surface area contributed by atoms with Gasteiger partial charge in [-0.15, -0.1) is 0 Å². The molecule has 0 unspecified atom stereocenters. The molecule has 3 rings (SSSR count). The summed E-state index contributed by atoms with van der Waals surface area (Å²) < 4.78 is 5.15. The summed E-state index contributed by atoms with van der Waals surface area (Å²) in [4.78, 5) is 10.9. The minimum Gasteiger partial charge on any atom is -0.349 e. The van der Waals surface area contributed by atoms with Crippen LogP contribution in [-0.2, 0) is 0 Å². The van der Waals surface area contributed by atoms with Gasteiger partial charge in [0.15, 0.2) is 5.69 Å². The SMILES string of the molecule is O=[N+]([O-])c1c(-c2ccccc2)noc1/C=C/c1ccccc1. The zero-order valence-electron chi connectivity index (χ0n) is 11.5. The van der Waals surface area contributed by atoms with Crippen molar-refractivity contribution in [3.63, 3.8) is 0 Å². The summed E-state index contributed by atoms with van der Waals surface area (Å²) in [6, 6.07) is 18.4. The fraction of sp³-hybridized carbons (Fsp3) is 0. The molecule has 0 spiro atoms. The summed E-state index contributed by atoms with van der Waals surface area (Å²) >= 11 is 0. The molecule has 0 aliphatic carbocycles. The topological polar surface area (TPSA) is 69.2 Å². The zero-order chi connectivity index (χ0) is 15.4. The van der Waals surface area contributed by atoms with Crippen molar-refractivity contribution in [1.29, 1.82) is 0 Å². The van der Waals surface area contributed by atoms with Crippen molar-refractivity contribution in [1.82, 2.24) is 5.16 Å². The predicted octanol–water partition coefficient (Wildman–Crippen LogP) is 4.42. The molecular formula is C17H12N2O3. The second kappa shape index (κ2) is 6.05. The lowest BCUT2D eigenvalue weighted by atomic mass is 10.1. The van der Waals surface area contributed by atoms with Gasteiger partial charge in [-0.2, -0.15) is 0 Å². The largest absolute Gasteiger partial charge is 0.349 e. The molecule has 1 heterocycles. The monoisotopic (exact) mass is 292 g/mol. The molecule has 0 fully saturated rings. The van der Waals surface area contributed by atoms with E-state index in [9.17, 15) is 10.1 Å². The van der Waals surface area contributed by atoms with Gasteiger partial charge in [0.25, 0.3) is 0 Å². The number of hydrogen-bond acceptors (Lipinski definition) is 4. The predicted molar refractivity (Wildman–Crippen MR) is 84.0 cm³/mol. The molecule has 0 aliphatic rings. The Morgan fingerprint density at radius 2 is 1.59 bits per heavy atom. The van der Waals surface area contributed by atoms with Gasteiger partial charge in [-0.1, -0.05) is 71.9 Å². The van der Waals surface area contributed by atoms with Crippen molar-refractivity contribution in [2.45, 2.75) is 0 Å². The van der Waals surface area contributed by atoms with Gasteiger partial charge >= 0.3 is 5.69 Å². The molecule has 0 N–H and O–H groups in total. The van der Waals surface area contributed by atoms with Gasteiger partial charge in [0.2, 0.25) is 5.76 Å². The first-order valence-electron chi connectivity index (χ1n) is 6.68. The Kier molecular flexibility index (Phi) is 3.78. The van der Waals surface area contributed by atoms with E-state index in [-0.39, 0.29) is 17.1 Å². The van der Waals surface area contributed by atoms with Crippen LogP contribution in [-0.4, -0.2) is 10.1 Å². The van der Waals surface area contributed by atoms with Crippen LogP contribution in [0.15, 0.2) is 65.2 Å². The van der Waals surface area contributed by atoms with Gasteiger partial charge in [0, 0.05) is 5.56 Å². The number of nitrogens with zero attached hydrogens (tertiary/aromatic N) is 2. The number of hydrogen-bond donors (Lipinski definition) is 0. The fourth-order valence-electron chi connectivity index (χ4n) is 2.11. The summed E-state index contributed by atoms with van der Waals surface area (Å²) in [5.74, 6) is 0.132. The standard InChI is InChI=1S/C17H12N2O3/c20-19(21)17-15(12-11-13-7-3-1-4-8-13)22-18-16(17)14-9-5-2-6-10-14/h1-12H/b12-11+. The van der Waals surface area contributed by atoms with Crippen LogP contribution >= 0.6 is 0 Å². The van der Waals surface area contributed by atoms with E-state index in [4.69, 9.17) is 4.52 Å². The highest BCUT2D eigenvalue weighted by molar-refractivity contribution is 5.78. The van der Waals surface area contributed by atoms with Crippen LogP contribution in [0, 0.1) is 10.1 Å². The first kappa shape index (κ1) is 13.8. The van der Waals surface area contributed by atoms with Crippen LogP contribution in [0.4, 0.5) is 5.69 Å². The van der Waals surface area contributed by atoms with E-state index >= 15 is 0 Å². The number of benzene rings is 2. The Labute approximate surface area is 126 Å². The Hall–Kier alpha value is -3.21. The quantitative estimate of drug-likeness (QED) is 0.527. The normalized spacial score (nSPS) is 10.9. The summed E-state index contributed by atoms with van der Waals surface area (Å²) in [6.45, 7) is 0. The molecule has 0 atom stereocenters. The van der Waals surface area contributed by atoms with E-state index in [2.05, 4.69) is 5.16 Å². The lowest BCUT2D eigenvalue weighted by Gasteiger charge is -1.94. The fourth-order valence-corrected chi connectivity index (χ4v) is 2.11. The van der Waals surface area contributed by atoms with E-state index in [1.807, 2.05) is 36.4 Å². The molecule has 0 amide bonds. The van der Waals surface area contributed by atoms with Crippen LogP contribution < -0.4 is 0 Å². The Morgan fingerprint density at radius 3 is 2.23 bits per heavy atom. The number of aromatic nitrogens is 1. The van der Waals surface area contributed by atoms with Crippen molar-refractivity contribution in [2.75, 3.05) is 0 Å². The molecule has 0 saturated carbocycles. The Morgan fingerprint density at radius 1 is 0.955 bits per heavy atom. The molecule has 108 valence electrons. The van der Waals surface area contributed by atoms with Crippen molar-refractivity contribution in [3.8, 4) is 11.3 Å². The lowest BCUT2D eigenvalue weighted by Crippen LogP contribution is -1.91. The average molecular weight is 292 g/mol. The average Bonchev–Trinajstić information content (AvgIpc) is 2.99. The van der Waals surface area contributed by atoms with Crippen molar-refractivity contribution in [3.05, 3.63) is 82.1 Å². The molecule has 5 nitrogen and oxygen atoms in total. The van der Waals surface area contributed by atoms with Crippen molar-refractivity contribution >= 4 is 17.8 Å². The third-order valence-electron chi connectivity index (χ3n) is 3.15. The van der Waals surface area contributed by atoms with Gasteiger partial charge in [-0.05, 0) is 11.6 Å². The van der Waals surface area contributed by atoms with Gasteiger partial charge < -0.3 is 4.52 Å². The molecule has 1 aromatic heterocycles. The number of nitro groups is 1. The summed E-state index contributed by atoms with van der Waals surface area (Å²) in [5, 5.41) is 15.2. The maximum atomic E-state index is 11.4. The van der Waals surface area contributed by atoms with E-state index in [0.717, 1.165) is 5.56 Å². The van der Waals surface area contributed by atoms with E-state index in [0.29, 0.717) is 5.56 Å². The molecule has 0 saturated heterocycles. The minimum absolute atomic E-state index is 0.126. The smallest absolute Gasteiger partial charge is 0.343 e. The second-order valence-corrected chi connectivity index (χ2v) is 4.61. The van der Waals surface area contributed by atoms with Gasteiger partial charge in [0.05, 0.1) is 4.92 Å². The minimum atomic E-state index is -0.469. The molecule has 5 heteroatoms. The Bertz CT molecular complexity index is 808. The highest BCUT2D eigenvalue weighted by atomic mass is 16.6. The van der Waals surface area contributed by atoms with Gasteiger partial charge in [-0.25, -0.2) is 0 Å². The molecule has 0 aliphatic heterocycles. The second-order valence-electron chi connectivity index (χ2n) is 4.61. The molecular weight excluding hydrogens is 280 g/mol. The lowest BCUT2D eigenvalue weighted by molar-refractivity contribution is -0.384. The molecule has 2 aromatic carbocycles. The third kappa shape index (κ3) is 2.78. The Balaban J connectivity index is 2.01. The van der Waals surface area contributed by atoms with Crippen LogP contribution in [0.2, 0.25) is 0 Å². The van der Waals surface area contributed by atoms with Crippen molar-refractivity contribution < 1.29 is 9.45 Å². The summed E-state index contributed by atoms with van der Waals surface area (Å²) in [5.41, 5.74) is 1.68. The molecule has 0 radical (unpaired) electrons. The molecule has 3 aromatic rings. The van der Waals surface area contributed by atoms with Gasteiger partial charge in [-0.3, -0.25) is 10.1 Å². The zero-order valence-corrected chi connectivity index (χ0v) is 11.5. The van der Waals surface area contributed by atoms with E-state index < -0.39 is 4.92 Å². The molecule has 22 heavy (non-hydrogen) atoms.